The fraction of sp³-hybridized carbons (Fsp3) is 0.444. The molecule has 2 heterocycles. The molecular formula is C36H45N5O12. The van der Waals surface area contributed by atoms with Gasteiger partial charge in [-0.15, -0.1) is 0 Å². The summed E-state index contributed by atoms with van der Waals surface area (Å²) in [5, 5.41) is 18.3. The maximum atomic E-state index is 14.4. The highest BCUT2D eigenvalue weighted by Gasteiger charge is 2.48. The lowest BCUT2D eigenvalue weighted by Gasteiger charge is -2.33. The molecule has 17 nitrogen and oxygen atoms in total. The third kappa shape index (κ3) is 8.97. The van der Waals surface area contributed by atoms with Crippen molar-refractivity contribution in [2.45, 2.75) is 64.4 Å². The van der Waals surface area contributed by atoms with Crippen molar-refractivity contribution < 1.29 is 57.6 Å². The van der Waals surface area contributed by atoms with Crippen LogP contribution in [-0.4, -0.2) is 99.9 Å². The highest BCUT2D eigenvalue weighted by Crippen LogP contribution is 2.45. The molecule has 2 aliphatic rings. The highest BCUT2D eigenvalue weighted by atomic mass is 16.5. The number of benzene rings is 2. The molecule has 53 heavy (non-hydrogen) atoms. The topological polar surface area (TPSA) is 211 Å². The number of carbonyl (C=O) groups is 6. The number of carboxylic acid groups (broad SMARTS) is 1. The Hall–Kier alpha value is -5.84. The molecule has 4 rings (SSSR count). The Morgan fingerprint density at radius 1 is 1.00 bits per heavy atom. The maximum absolute atomic E-state index is 14.4. The fourth-order valence-electron chi connectivity index (χ4n) is 6.09. The molecule has 2 aliphatic heterocycles. The van der Waals surface area contributed by atoms with Crippen LogP contribution in [0.1, 0.15) is 49.5 Å². The van der Waals surface area contributed by atoms with Gasteiger partial charge in [-0.25, -0.2) is 14.5 Å². The maximum Gasteiger partial charge on any atom is 0.414 e. The predicted molar refractivity (Wildman–Crippen MR) is 191 cm³/mol. The van der Waals surface area contributed by atoms with Crippen molar-refractivity contribution in [2.75, 3.05) is 49.7 Å². The lowest BCUT2D eigenvalue weighted by molar-refractivity contribution is -0.140. The summed E-state index contributed by atoms with van der Waals surface area (Å²) in [5.41, 5.74) is 1.42. The van der Waals surface area contributed by atoms with Crippen LogP contribution < -0.4 is 35.2 Å². The van der Waals surface area contributed by atoms with E-state index in [0.717, 1.165) is 4.90 Å². The molecule has 2 unspecified atom stereocenters. The largest absolute Gasteiger partial charge is 0.493 e. The molecule has 17 heteroatoms. The number of amides is 5. The summed E-state index contributed by atoms with van der Waals surface area (Å²) in [4.78, 5) is 79.5. The van der Waals surface area contributed by atoms with E-state index >= 15 is 0 Å². The van der Waals surface area contributed by atoms with Gasteiger partial charge in [0.15, 0.2) is 17.7 Å². The molecule has 0 spiro atoms. The summed E-state index contributed by atoms with van der Waals surface area (Å²) < 4.78 is 26.7. The zero-order valence-electron chi connectivity index (χ0n) is 30.4. The molecule has 286 valence electrons. The second kappa shape index (κ2) is 17.6. The van der Waals surface area contributed by atoms with Crippen LogP contribution in [0.4, 0.5) is 26.7 Å². The van der Waals surface area contributed by atoms with Gasteiger partial charge in [0.25, 0.3) is 5.91 Å². The molecule has 2 aromatic carbocycles. The van der Waals surface area contributed by atoms with Crippen molar-refractivity contribution in [3.05, 3.63) is 54.1 Å². The van der Waals surface area contributed by atoms with Gasteiger partial charge in [0.05, 0.1) is 38.1 Å². The predicted octanol–water partition coefficient (Wildman–Crippen LogP) is 3.45. The van der Waals surface area contributed by atoms with E-state index in [1.807, 2.05) is 0 Å². The Bertz CT molecular complexity index is 1750. The second-order valence-electron chi connectivity index (χ2n) is 12.6. The van der Waals surface area contributed by atoms with Crippen LogP contribution in [0.15, 0.2) is 43.0 Å². The highest BCUT2D eigenvalue weighted by molar-refractivity contribution is 6.15. The van der Waals surface area contributed by atoms with Gasteiger partial charge < -0.3 is 44.7 Å². The molecule has 0 aliphatic carbocycles. The normalized spacial score (nSPS) is 16.9. The van der Waals surface area contributed by atoms with E-state index in [9.17, 15) is 33.9 Å². The summed E-state index contributed by atoms with van der Waals surface area (Å²) in [5.74, 6) is -2.14. The van der Waals surface area contributed by atoms with E-state index in [1.165, 1.54) is 51.4 Å². The molecule has 0 saturated heterocycles. The Balaban J connectivity index is 1.60. The first kappa shape index (κ1) is 39.9. The van der Waals surface area contributed by atoms with Crippen molar-refractivity contribution >= 4 is 52.9 Å². The summed E-state index contributed by atoms with van der Waals surface area (Å²) >= 11 is 0. The SMILES string of the molecule is C=CCOC(=O)NC(C(=O)NC(C)C(=O)Nc1ccc2c(c1)N1C(=O)c3cc(OC)c(OCCCC(=O)OC)cc3N(C(=O)O)[C@@H](OC)[C@@H]1C2)C(C)C. The first-order valence-electron chi connectivity index (χ1n) is 16.8. The van der Waals surface area contributed by atoms with E-state index < -0.39 is 60.2 Å². The number of hydrogen-bond acceptors (Lipinski definition) is 11. The third-order valence-electron chi connectivity index (χ3n) is 8.71. The number of anilines is 3. The number of methoxy groups -OCH3 is 3. The number of nitrogens with one attached hydrogen (secondary N) is 3. The van der Waals surface area contributed by atoms with Crippen LogP contribution in [0.25, 0.3) is 0 Å². The molecule has 5 amide bonds. The van der Waals surface area contributed by atoms with Gasteiger partial charge in [-0.2, -0.15) is 0 Å². The Labute approximate surface area is 306 Å². The minimum Gasteiger partial charge on any atom is -0.493 e. The van der Waals surface area contributed by atoms with Crippen LogP contribution in [0, 0.1) is 5.92 Å². The monoisotopic (exact) mass is 739 g/mol. The second-order valence-corrected chi connectivity index (χ2v) is 12.6. The Kier molecular flexibility index (Phi) is 13.3. The van der Waals surface area contributed by atoms with Crippen molar-refractivity contribution in [3.8, 4) is 11.5 Å². The average Bonchev–Trinajstić information content (AvgIpc) is 3.46. The van der Waals surface area contributed by atoms with Gasteiger partial charge in [-0.05, 0) is 49.4 Å². The lowest BCUT2D eigenvalue weighted by Crippen LogP contribution is -2.53. The summed E-state index contributed by atoms with van der Waals surface area (Å²) in [6.45, 7) is 8.45. The molecule has 0 bridgehead atoms. The van der Waals surface area contributed by atoms with E-state index in [-0.39, 0.29) is 54.7 Å². The number of alkyl carbamates (subject to hydrolysis) is 1. The molecule has 0 radical (unpaired) electrons. The van der Waals surface area contributed by atoms with Gasteiger partial charge in [0.2, 0.25) is 11.8 Å². The van der Waals surface area contributed by atoms with E-state index in [1.54, 1.807) is 32.0 Å². The van der Waals surface area contributed by atoms with Gasteiger partial charge in [0.1, 0.15) is 18.7 Å². The summed E-state index contributed by atoms with van der Waals surface area (Å²) in [6.07, 6.45) is -1.31. The quantitative estimate of drug-likeness (QED) is 0.118. The molecular weight excluding hydrogens is 694 g/mol. The molecule has 4 N–H and O–H groups in total. The van der Waals surface area contributed by atoms with Gasteiger partial charge >= 0.3 is 18.2 Å². The molecule has 2 aromatic rings. The zero-order chi connectivity index (χ0) is 39.0. The van der Waals surface area contributed by atoms with Gasteiger partial charge in [-0.1, -0.05) is 32.6 Å². The minimum absolute atomic E-state index is 0.00368. The van der Waals surface area contributed by atoms with Gasteiger partial charge in [-0.3, -0.25) is 24.1 Å². The number of nitrogens with zero attached hydrogens (tertiary/aromatic N) is 2. The smallest absolute Gasteiger partial charge is 0.414 e. The van der Waals surface area contributed by atoms with Crippen molar-refractivity contribution in [1.29, 1.82) is 0 Å². The number of esters is 1. The van der Waals surface area contributed by atoms with Crippen LogP contribution >= 0.6 is 0 Å². The standard InChI is InChI=1S/C36H45N5O12/c1-8-13-53-35(46)39-30(19(2)3)32(44)37-20(4)31(43)38-22-12-11-21-15-26-34(51-7)41(36(47)48)25-18-28(52-14-9-10-29(42)50-6)27(49-5)17-23(25)33(45)40(26)24(21)16-22/h8,11-12,16-20,26,30,34H,1,9-10,13-15H2,2-7H3,(H,37,44)(H,38,43)(H,39,46)(H,47,48)/t20?,26-,30?,34-/m0/s1. The van der Waals surface area contributed by atoms with Crippen LogP contribution in [0.2, 0.25) is 0 Å². The summed E-state index contributed by atoms with van der Waals surface area (Å²) in [6, 6.07) is 4.91. The van der Waals surface area contributed by atoms with E-state index in [2.05, 4.69) is 27.3 Å². The fourth-order valence-corrected chi connectivity index (χ4v) is 6.09. The van der Waals surface area contributed by atoms with Crippen LogP contribution in [0.5, 0.6) is 11.5 Å². The van der Waals surface area contributed by atoms with Crippen LogP contribution in [-0.2, 0) is 35.0 Å². The lowest BCUT2D eigenvalue weighted by atomic mass is 10.0. The molecule has 0 aromatic heterocycles. The number of hydrogen-bond donors (Lipinski definition) is 4. The van der Waals surface area contributed by atoms with Gasteiger partial charge in [0, 0.05) is 31.0 Å². The Morgan fingerprint density at radius 2 is 1.74 bits per heavy atom. The van der Waals surface area contributed by atoms with Crippen LogP contribution in [0.3, 0.4) is 0 Å². The Morgan fingerprint density at radius 3 is 2.36 bits per heavy atom. The number of carbonyl (C=O) groups excluding carboxylic acids is 5. The first-order valence-corrected chi connectivity index (χ1v) is 16.8. The summed E-state index contributed by atoms with van der Waals surface area (Å²) in [7, 11) is 4.00. The van der Waals surface area contributed by atoms with E-state index in [0.29, 0.717) is 23.4 Å². The van der Waals surface area contributed by atoms with Crippen molar-refractivity contribution in [1.82, 2.24) is 10.6 Å². The first-order chi connectivity index (χ1) is 25.3. The number of fused-ring (bicyclic) bond motifs is 4. The van der Waals surface area contributed by atoms with Crippen molar-refractivity contribution in [3.63, 3.8) is 0 Å². The van der Waals surface area contributed by atoms with Crippen molar-refractivity contribution in [2.24, 2.45) is 5.92 Å². The van der Waals surface area contributed by atoms with E-state index in [4.69, 9.17) is 18.9 Å². The molecule has 0 saturated carbocycles. The third-order valence-corrected chi connectivity index (χ3v) is 8.71. The average molecular weight is 740 g/mol. The number of ether oxygens (including phenoxy) is 5. The zero-order valence-corrected chi connectivity index (χ0v) is 30.4. The number of rotatable bonds is 15. The molecule has 4 atom stereocenters. The molecule has 0 fully saturated rings. The minimum atomic E-state index is -1.38.